The highest BCUT2D eigenvalue weighted by molar-refractivity contribution is 5.93. The van der Waals surface area contributed by atoms with Crippen LogP contribution < -0.4 is 10.9 Å². The SMILES string of the molecule is Cc1ccc(Nc2cc(=O)[nH]c3ccc(C)cc23)cc1. The van der Waals surface area contributed by atoms with Crippen molar-refractivity contribution >= 4 is 22.3 Å². The van der Waals surface area contributed by atoms with Gasteiger partial charge in [0.2, 0.25) is 5.56 Å². The van der Waals surface area contributed by atoms with Gasteiger partial charge in [-0.05, 0) is 38.1 Å². The first-order chi connectivity index (χ1) is 9.61. The smallest absolute Gasteiger partial charge is 0.250 e. The summed E-state index contributed by atoms with van der Waals surface area (Å²) in [6.45, 7) is 4.09. The van der Waals surface area contributed by atoms with E-state index in [0.717, 1.165) is 27.8 Å². The van der Waals surface area contributed by atoms with Crippen LogP contribution in [0, 0.1) is 13.8 Å². The average molecular weight is 264 g/mol. The monoisotopic (exact) mass is 264 g/mol. The molecule has 3 nitrogen and oxygen atoms in total. The van der Waals surface area contributed by atoms with E-state index in [1.54, 1.807) is 6.07 Å². The van der Waals surface area contributed by atoms with Gasteiger partial charge < -0.3 is 10.3 Å². The number of fused-ring (bicyclic) bond motifs is 1. The highest BCUT2D eigenvalue weighted by Gasteiger charge is 2.04. The molecular weight excluding hydrogens is 248 g/mol. The summed E-state index contributed by atoms with van der Waals surface area (Å²) in [6, 6.07) is 15.7. The molecule has 20 heavy (non-hydrogen) atoms. The summed E-state index contributed by atoms with van der Waals surface area (Å²) in [5.41, 5.74) is 4.92. The molecule has 0 unspecified atom stereocenters. The number of benzene rings is 2. The lowest BCUT2D eigenvalue weighted by molar-refractivity contribution is 1.30. The molecule has 0 saturated carbocycles. The summed E-state index contributed by atoms with van der Waals surface area (Å²) in [4.78, 5) is 14.6. The number of hydrogen-bond acceptors (Lipinski definition) is 2. The van der Waals surface area contributed by atoms with Crippen LogP contribution in [-0.2, 0) is 0 Å². The van der Waals surface area contributed by atoms with Crippen molar-refractivity contribution in [3.05, 3.63) is 70.0 Å². The van der Waals surface area contributed by atoms with E-state index < -0.39 is 0 Å². The Morgan fingerprint density at radius 3 is 2.35 bits per heavy atom. The second-order valence-corrected chi connectivity index (χ2v) is 5.09. The van der Waals surface area contributed by atoms with Gasteiger partial charge in [-0.25, -0.2) is 0 Å². The average Bonchev–Trinajstić information content (AvgIpc) is 2.42. The minimum absolute atomic E-state index is 0.101. The fraction of sp³-hybridized carbons (Fsp3) is 0.118. The predicted octanol–water partition coefficient (Wildman–Crippen LogP) is 3.89. The van der Waals surface area contributed by atoms with Gasteiger partial charge in [-0.2, -0.15) is 0 Å². The predicted molar refractivity (Wildman–Crippen MR) is 83.8 cm³/mol. The molecule has 2 aromatic carbocycles. The number of H-pyrrole nitrogens is 1. The lowest BCUT2D eigenvalue weighted by Gasteiger charge is -2.10. The lowest BCUT2D eigenvalue weighted by Crippen LogP contribution is -2.06. The Morgan fingerprint density at radius 2 is 1.60 bits per heavy atom. The van der Waals surface area contributed by atoms with E-state index >= 15 is 0 Å². The highest BCUT2D eigenvalue weighted by Crippen LogP contribution is 2.24. The summed E-state index contributed by atoms with van der Waals surface area (Å²) in [5, 5.41) is 4.34. The molecule has 0 aliphatic rings. The van der Waals surface area contributed by atoms with Crippen LogP contribution in [0.4, 0.5) is 11.4 Å². The number of nitrogens with one attached hydrogen (secondary N) is 2. The summed E-state index contributed by atoms with van der Waals surface area (Å²) < 4.78 is 0. The van der Waals surface area contributed by atoms with Gasteiger partial charge in [0.25, 0.3) is 0 Å². The van der Waals surface area contributed by atoms with Crippen molar-refractivity contribution in [2.24, 2.45) is 0 Å². The van der Waals surface area contributed by atoms with Crippen molar-refractivity contribution in [2.75, 3.05) is 5.32 Å². The Labute approximate surface area is 117 Å². The highest BCUT2D eigenvalue weighted by atomic mass is 16.1. The molecule has 3 rings (SSSR count). The van der Waals surface area contributed by atoms with Crippen LogP contribution in [0.15, 0.2) is 53.3 Å². The van der Waals surface area contributed by atoms with E-state index in [1.165, 1.54) is 5.56 Å². The van der Waals surface area contributed by atoms with Crippen LogP contribution in [0.25, 0.3) is 10.9 Å². The molecule has 3 aromatic rings. The van der Waals surface area contributed by atoms with Gasteiger partial charge in [-0.3, -0.25) is 4.79 Å². The number of rotatable bonds is 2. The van der Waals surface area contributed by atoms with Crippen molar-refractivity contribution < 1.29 is 0 Å². The van der Waals surface area contributed by atoms with E-state index in [0.29, 0.717) is 0 Å². The number of aryl methyl sites for hydroxylation is 2. The molecule has 0 aliphatic carbocycles. The molecule has 0 atom stereocenters. The molecule has 1 heterocycles. The molecule has 3 heteroatoms. The van der Waals surface area contributed by atoms with E-state index in [1.807, 2.05) is 43.3 Å². The molecule has 0 bridgehead atoms. The first-order valence-electron chi connectivity index (χ1n) is 6.59. The first kappa shape index (κ1) is 12.5. The Bertz CT molecular complexity index is 817. The minimum atomic E-state index is -0.101. The van der Waals surface area contributed by atoms with E-state index in [9.17, 15) is 4.79 Å². The molecule has 2 N–H and O–H groups in total. The van der Waals surface area contributed by atoms with Crippen molar-refractivity contribution in [2.45, 2.75) is 13.8 Å². The van der Waals surface area contributed by atoms with Crippen LogP contribution in [0.1, 0.15) is 11.1 Å². The van der Waals surface area contributed by atoms with Crippen molar-refractivity contribution in [3.8, 4) is 0 Å². The number of aromatic amines is 1. The summed E-state index contributed by atoms with van der Waals surface area (Å²) in [5.74, 6) is 0. The summed E-state index contributed by atoms with van der Waals surface area (Å²) in [6.07, 6.45) is 0. The van der Waals surface area contributed by atoms with Gasteiger partial charge in [0.15, 0.2) is 0 Å². The zero-order valence-corrected chi connectivity index (χ0v) is 11.5. The third kappa shape index (κ3) is 2.43. The second kappa shape index (κ2) is 4.85. The van der Waals surface area contributed by atoms with Crippen LogP contribution in [0.2, 0.25) is 0 Å². The van der Waals surface area contributed by atoms with Gasteiger partial charge >= 0.3 is 0 Å². The molecule has 0 aliphatic heterocycles. The zero-order chi connectivity index (χ0) is 14.1. The topological polar surface area (TPSA) is 44.9 Å². The van der Waals surface area contributed by atoms with Crippen molar-refractivity contribution in [1.29, 1.82) is 0 Å². The van der Waals surface area contributed by atoms with Gasteiger partial charge in [0.05, 0.1) is 11.2 Å². The maximum Gasteiger partial charge on any atom is 0.250 e. The Balaban J connectivity index is 2.12. The maximum atomic E-state index is 11.7. The fourth-order valence-corrected chi connectivity index (χ4v) is 2.26. The van der Waals surface area contributed by atoms with Gasteiger partial charge in [-0.15, -0.1) is 0 Å². The quantitative estimate of drug-likeness (QED) is 0.737. The van der Waals surface area contributed by atoms with Crippen molar-refractivity contribution in [3.63, 3.8) is 0 Å². The summed E-state index contributed by atoms with van der Waals surface area (Å²) in [7, 11) is 0. The number of hydrogen-bond donors (Lipinski definition) is 2. The van der Waals surface area contributed by atoms with E-state index in [-0.39, 0.29) is 5.56 Å². The molecule has 1 aromatic heterocycles. The summed E-state index contributed by atoms with van der Waals surface area (Å²) >= 11 is 0. The molecule has 0 fully saturated rings. The Hall–Kier alpha value is -2.55. The largest absolute Gasteiger partial charge is 0.355 e. The molecule has 0 radical (unpaired) electrons. The molecule has 0 saturated heterocycles. The van der Waals surface area contributed by atoms with Gasteiger partial charge in [0, 0.05) is 17.1 Å². The standard InChI is InChI=1S/C17H16N2O/c1-11-3-6-13(7-4-11)18-16-10-17(20)19-15-8-5-12(2)9-14(15)16/h3-10H,1-2H3,(H2,18,19,20). The van der Waals surface area contributed by atoms with Crippen molar-refractivity contribution in [1.82, 2.24) is 4.98 Å². The molecular formula is C17H16N2O. The van der Waals surface area contributed by atoms with Crippen LogP contribution in [0.3, 0.4) is 0 Å². The van der Waals surface area contributed by atoms with E-state index in [4.69, 9.17) is 0 Å². The lowest BCUT2D eigenvalue weighted by atomic mass is 10.1. The Morgan fingerprint density at radius 1 is 0.900 bits per heavy atom. The zero-order valence-electron chi connectivity index (χ0n) is 11.5. The number of pyridine rings is 1. The number of anilines is 2. The minimum Gasteiger partial charge on any atom is -0.355 e. The maximum absolute atomic E-state index is 11.7. The third-order valence-electron chi connectivity index (χ3n) is 3.33. The van der Waals surface area contributed by atoms with E-state index in [2.05, 4.69) is 23.3 Å². The molecule has 0 spiro atoms. The van der Waals surface area contributed by atoms with Crippen LogP contribution in [0.5, 0.6) is 0 Å². The van der Waals surface area contributed by atoms with Crippen LogP contribution >= 0.6 is 0 Å². The van der Waals surface area contributed by atoms with Crippen LogP contribution in [-0.4, -0.2) is 4.98 Å². The van der Waals surface area contributed by atoms with Gasteiger partial charge in [0.1, 0.15) is 0 Å². The first-order valence-corrected chi connectivity index (χ1v) is 6.59. The fourth-order valence-electron chi connectivity index (χ4n) is 2.26. The third-order valence-corrected chi connectivity index (χ3v) is 3.33. The Kier molecular flexibility index (Phi) is 3.03. The normalized spacial score (nSPS) is 10.7. The van der Waals surface area contributed by atoms with Gasteiger partial charge in [-0.1, -0.05) is 29.3 Å². The molecule has 0 amide bonds. The number of aromatic nitrogens is 1. The molecule has 100 valence electrons. The second-order valence-electron chi connectivity index (χ2n) is 5.09.